The molecule has 1 fully saturated rings. The van der Waals surface area contributed by atoms with E-state index in [1.54, 1.807) is 23.0 Å². The van der Waals surface area contributed by atoms with Crippen molar-refractivity contribution >= 4 is 39.4 Å². The number of nitrogens with zero attached hydrogens (tertiary/aromatic N) is 6. The maximum Gasteiger partial charge on any atom is 0.260 e. The second kappa shape index (κ2) is 9.69. The van der Waals surface area contributed by atoms with E-state index in [9.17, 15) is 9.59 Å². The summed E-state index contributed by atoms with van der Waals surface area (Å²) in [5.41, 5.74) is 4.22. The highest BCUT2D eigenvalue weighted by Gasteiger charge is 2.23. The smallest absolute Gasteiger partial charge is 0.260 e. The summed E-state index contributed by atoms with van der Waals surface area (Å²) in [6.45, 7) is 7.14. The largest absolute Gasteiger partial charge is 0.373 e. The Morgan fingerprint density at radius 3 is 2.92 bits per heavy atom. The lowest BCUT2D eigenvalue weighted by Crippen LogP contribution is -2.35. The van der Waals surface area contributed by atoms with E-state index in [-0.39, 0.29) is 11.8 Å². The fraction of sp³-hybridized carbons (Fsp3) is 0.400. The van der Waals surface area contributed by atoms with Gasteiger partial charge in [-0.2, -0.15) is 10.2 Å². The van der Waals surface area contributed by atoms with Crippen LogP contribution in [0, 0.1) is 6.92 Å². The predicted molar refractivity (Wildman–Crippen MR) is 140 cm³/mol. The molecule has 0 saturated carbocycles. The van der Waals surface area contributed by atoms with Gasteiger partial charge in [-0.1, -0.05) is 0 Å². The van der Waals surface area contributed by atoms with Gasteiger partial charge in [-0.25, -0.2) is 4.52 Å². The molecule has 0 bridgehead atoms. The first kappa shape index (κ1) is 23.8. The van der Waals surface area contributed by atoms with E-state index in [0.29, 0.717) is 48.4 Å². The minimum Gasteiger partial charge on any atom is -0.373 e. The second-order valence-corrected chi connectivity index (χ2v) is 10.5. The standard InChI is InChI=1S/C25H28N8O3S/c1-15-4-3-5-31(15)13-23(34)29-17-8-20(16(2)26-9-17)30-24(35)19-11-28-33-12-22(37-25(19)33)18-10-27-32-6-7-36-14-21(18)32/h8-12,15H,3-7,13-14H2,1-2H3,(H,29,34)(H,30,35)/t15-/m0/s1. The third-order valence-electron chi connectivity index (χ3n) is 7.00. The molecule has 37 heavy (non-hydrogen) atoms. The summed E-state index contributed by atoms with van der Waals surface area (Å²) in [4.78, 5) is 34.1. The van der Waals surface area contributed by atoms with Crippen LogP contribution in [0.4, 0.5) is 11.4 Å². The normalized spacial score (nSPS) is 17.7. The quantitative estimate of drug-likeness (QED) is 0.401. The lowest BCUT2D eigenvalue weighted by Gasteiger charge is -2.20. The molecule has 11 nitrogen and oxygen atoms in total. The lowest BCUT2D eigenvalue weighted by molar-refractivity contribution is -0.117. The molecular formula is C25H28N8O3S. The summed E-state index contributed by atoms with van der Waals surface area (Å²) in [5.74, 6) is -0.378. The van der Waals surface area contributed by atoms with Gasteiger partial charge >= 0.3 is 0 Å². The van der Waals surface area contributed by atoms with Gasteiger partial charge in [0.2, 0.25) is 5.91 Å². The topological polar surface area (TPSA) is 119 Å². The van der Waals surface area contributed by atoms with E-state index in [4.69, 9.17) is 4.74 Å². The van der Waals surface area contributed by atoms with Crippen LogP contribution in [-0.2, 0) is 22.7 Å². The van der Waals surface area contributed by atoms with Crippen LogP contribution in [-0.4, -0.2) is 66.8 Å². The van der Waals surface area contributed by atoms with Crippen LogP contribution in [0.5, 0.6) is 0 Å². The van der Waals surface area contributed by atoms with Crippen LogP contribution < -0.4 is 10.6 Å². The minimum absolute atomic E-state index is 0.0890. The number of fused-ring (bicyclic) bond motifs is 2. The second-order valence-electron chi connectivity index (χ2n) is 9.51. The number of hydrogen-bond donors (Lipinski definition) is 2. The van der Waals surface area contributed by atoms with Gasteiger partial charge < -0.3 is 15.4 Å². The Kier molecular flexibility index (Phi) is 6.22. The zero-order valence-electron chi connectivity index (χ0n) is 20.7. The summed E-state index contributed by atoms with van der Waals surface area (Å²) < 4.78 is 9.28. The molecule has 2 aliphatic rings. The number of aryl methyl sites for hydroxylation is 1. The number of rotatable bonds is 6. The Balaban J connectivity index is 1.19. The van der Waals surface area contributed by atoms with Gasteiger partial charge in [-0.3, -0.25) is 24.2 Å². The number of amides is 2. The minimum atomic E-state index is -0.289. The molecule has 0 spiro atoms. The Hall–Kier alpha value is -3.61. The van der Waals surface area contributed by atoms with Gasteiger partial charge in [0.25, 0.3) is 5.91 Å². The number of thiazole rings is 1. The van der Waals surface area contributed by atoms with E-state index in [0.717, 1.165) is 46.9 Å². The van der Waals surface area contributed by atoms with Crippen molar-refractivity contribution < 1.29 is 14.3 Å². The van der Waals surface area contributed by atoms with Crippen molar-refractivity contribution in [3.8, 4) is 10.4 Å². The summed E-state index contributed by atoms with van der Waals surface area (Å²) >= 11 is 1.48. The number of aromatic nitrogens is 5. The van der Waals surface area contributed by atoms with Crippen molar-refractivity contribution in [2.75, 3.05) is 30.3 Å². The van der Waals surface area contributed by atoms with E-state index >= 15 is 0 Å². The molecule has 1 atom stereocenters. The number of hydrogen-bond acceptors (Lipinski definition) is 8. The molecule has 12 heteroatoms. The molecule has 2 N–H and O–H groups in total. The van der Waals surface area contributed by atoms with Crippen LogP contribution in [0.2, 0.25) is 0 Å². The molecule has 2 amide bonds. The molecule has 0 aromatic carbocycles. The van der Waals surface area contributed by atoms with E-state index in [1.807, 2.05) is 24.0 Å². The highest BCUT2D eigenvalue weighted by Crippen LogP contribution is 2.34. The Bertz CT molecular complexity index is 1490. The molecule has 4 aromatic heterocycles. The molecule has 6 rings (SSSR count). The van der Waals surface area contributed by atoms with Gasteiger partial charge in [0, 0.05) is 17.8 Å². The summed E-state index contributed by atoms with van der Waals surface area (Å²) in [7, 11) is 0. The number of pyridine rings is 1. The van der Waals surface area contributed by atoms with E-state index in [1.165, 1.54) is 11.3 Å². The number of carbonyl (C=O) groups excluding carboxylic acids is 2. The number of likely N-dealkylation sites (tertiary alicyclic amines) is 1. The molecule has 6 heterocycles. The van der Waals surface area contributed by atoms with Crippen LogP contribution in [0.3, 0.4) is 0 Å². The number of ether oxygens (including phenoxy) is 1. The van der Waals surface area contributed by atoms with Crippen molar-refractivity contribution in [3.63, 3.8) is 0 Å². The van der Waals surface area contributed by atoms with Crippen molar-refractivity contribution in [2.24, 2.45) is 0 Å². The fourth-order valence-electron chi connectivity index (χ4n) is 4.88. The van der Waals surface area contributed by atoms with Gasteiger partial charge in [0.15, 0.2) is 0 Å². The number of nitrogens with one attached hydrogen (secondary N) is 2. The van der Waals surface area contributed by atoms with E-state index < -0.39 is 0 Å². The van der Waals surface area contributed by atoms with Crippen molar-refractivity contribution in [2.45, 2.75) is 45.9 Å². The summed E-state index contributed by atoms with van der Waals surface area (Å²) in [6, 6.07) is 2.15. The fourth-order valence-corrected chi connectivity index (χ4v) is 5.97. The van der Waals surface area contributed by atoms with Crippen molar-refractivity contribution in [1.82, 2.24) is 29.3 Å². The van der Waals surface area contributed by atoms with Gasteiger partial charge in [0.05, 0.1) is 78.1 Å². The molecule has 0 unspecified atom stereocenters. The zero-order valence-corrected chi connectivity index (χ0v) is 21.5. The summed E-state index contributed by atoms with van der Waals surface area (Å²) in [5, 5.41) is 14.7. The van der Waals surface area contributed by atoms with Crippen LogP contribution >= 0.6 is 11.3 Å². The third kappa shape index (κ3) is 4.63. The first-order valence-corrected chi connectivity index (χ1v) is 13.2. The van der Waals surface area contributed by atoms with Crippen molar-refractivity contribution in [1.29, 1.82) is 0 Å². The highest BCUT2D eigenvalue weighted by molar-refractivity contribution is 7.21. The number of anilines is 2. The summed E-state index contributed by atoms with van der Waals surface area (Å²) in [6.07, 6.45) is 9.15. The maximum absolute atomic E-state index is 13.3. The molecular weight excluding hydrogens is 492 g/mol. The molecule has 0 radical (unpaired) electrons. The van der Waals surface area contributed by atoms with Gasteiger partial charge in [-0.15, -0.1) is 11.3 Å². The Morgan fingerprint density at radius 1 is 1.19 bits per heavy atom. The van der Waals surface area contributed by atoms with Gasteiger partial charge in [-0.05, 0) is 39.3 Å². The Labute approximate surface area is 217 Å². The number of carbonyl (C=O) groups is 2. The first-order valence-electron chi connectivity index (χ1n) is 12.4. The SMILES string of the molecule is Cc1ncc(NC(=O)CN2CCC[C@@H]2C)cc1NC(=O)c1cnn2cc(-c3cnn4c3COCC4)sc12. The van der Waals surface area contributed by atoms with E-state index in [2.05, 4.69) is 37.6 Å². The molecule has 4 aromatic rings. The first-order chi connectivity index (χ1) is 18.0. The lowest BCUT2D eigenvalue weighted by atomic mass is 10.2. The molecule has 2 aliphatic heterocycles. The third-order valence-corrected chi connectivity index (χ3v) is 8.14. The average molecular weight is 521 g/mol. The van der Waals surface area contributed by atoms with Crippen molar-refractivity contribution in [3.05, 3.63) is 47.8 Å². The molecule has 1 saturated heterocycles. The van der Waals surface area contributed by atoms with Crippen LogP contribution in [0.25, 0.3) is 15.3 Å². The average Bonchev–Trinajstić information content (AvgIpc) is 3.65. The Morgan fingerprint density at radius 2 is 2.08 bits per heavy atom. The highest BCUT2D eigenvalue weighted by atomic mass is 32.1. The zero-order chi connectivity index (χ0) is 25.5. The van der Waals surface area contributed by atoms with Gasteiger partial charge in [0.1, 0.15) is 4.83 Å². The monoisotopic (exact) mass is 520 g/mol. The predicted octanol–water partition coefficient (Wildman–Crippen LogP) is 3.17. The van der Waals surface area contributed by atoms with Crippen LogP contribution in [0.15, 0.2) is 30.9 Å². The molecule has 192 valence electrons. The maximum atomic E-state index is 13.3. The molecule has 0 aliphatic carbocycles. The van der Waals surface area contributed by atoms with Crippen LogP contribution in [0.1, 0.15) is 41.5 Å².